The van der Waals surface area contributed by atoms with Crippen LogP contribution in [0.25, 0.3) is 0 Å². The van der Waals surface area contributed by atoms with Crippen molar-refractivity contribution < 1.29 is 9.59 Å². The summed E-state index contributed by atoms with van der Waals surface area (Å²) in [5.41, 5.74) is 2.17. The van der Waals surface area contributed by atoms with Crippen LogP contribution in [0, 0.1) is 0 Å². The summed E-state index contributed by atoms with van der Waals surface area (Å²) in [7, 11) is 0. The summed E-state index contributed by atoms with van der Waals surface area (Å²) in [6, 6.07) is 19.5. The number of amides is 2. The second kappa shape index (κ2) is 7.96. The smallest absolute Gasteiger partial charge is 0.246 e. The van der Waals surface area contributed by atoms with E-state index in [0.717, 1.165) is 17.5 Å². The van der Waals surface area contributed by atoms with E-state index in [1.807, 2.05) is 79.4 Å². The van der Waals surface area contributed by atoms with Crippen LogP contribution in [0.15, 0.2) is 60.7 Å². The molecule has 0 radical (unpaired) electrons. The molecular weight excluding hydrogens is 344 g/mol. The highest BCUT2D eigenvalue weighted by Crippen LogP contribution is 2.38. The minimum atomic E-state index is -0.417. The average molecular weight is 369 g/mol. The van der Waals surface area contributed by atoms with Gasteiger partial charge in [-0.15, -0.1) is 11.8 Å². The van der Waals surface area contributed by atoms with Gasteiger partial charge in [-0.3, -0.25) is 9.59 Å². The fourth-order valence-corrected chi connectivity index (χ4v) is 4.42. The Hall–Kier alpha value is -2.27. The van der Waals surface area contributed by atoms with Crippen LogP contribution >= 0.6 is 11.8 Å². The van der Waals surface area contributed by atoms with Crippen molar-refractivity contribution in [3.05, 3.63) is 71.8 Å². The molecule has 0 unspecified atom stereocenters. The molecule has 0 aliphatic carbocycles. The topological polar surface area (TPSA) is 40.6 Å². The van der Waals surface area contributed by atoms with Crippen LogP contribution in [0.4, 0.5) is 0 Å². The summed E-state index contributed by atoms with van der Waals surface area (Å²) >= 11 is 1.65. The maximum Gasteiger partial charge on any atom is 0.246 e. The molecule has 2 aromatic carbocycles. The van der Waals surface area contributed by atoms with Crippen molar-refractivity contribution >= 4 is 24.1 Å². The van der Waals surface area contributed by atoms with Crippen molar-refractivity contribution in [1.29, 1.82) is 0 Å². The normalized spacial score (nSPS) is 18.5. The molecule has 0 aromatic heterocycles. The molecule has 1 aliphatic rings. The van der Waals surface area contributed by atoms with Crippen molar-refractivity contribution in [2.45, 2.75) is 37.8 Å². The highest BCUT2D eigenvalue weighted by Gasteiger charge is 2.44. The zero-order valence-electron chi connectivity index (χ0n) is 15.2. The molecule has 1 fully saturated rings. The minimum Gasteiger partial charge on any atom is -0.332 e. The Labute approximate surface area is 159 Å². The molecule has 2 aromatic rings. The highest BCUT2D eigenvalue weighted by molar-refractivity contribution is 8.00. The second-order valence-corrected chi connectivity index (χ2v) is 8.57. The first kappa shape index (κ1) is 18.5. The van der Waals surface area contributed by atoms with Crippen LogP contribution in [0.5, 0.6) is 0 Å². The van der Waals surface area contributed by atoms with Crippen molar-refractivity contribution in [2.24, 2.45) is 0 Å². The Morgan fingerprint density at radius 3 is 2.04 bits per heavy atom. The van der Waals surface area contributed by atoms with Gasteiger partial charge in [0.25, 0.3) is 0 Å². The minimum absolute atomic E-state index is 0.00267. The van der Waals surface area contributed by atoms with E-state index in [1.54, 1.807) is 16.7 Å². The summed E-state index contributed by atoms with van der Waals surface area (Å²) in [5, 5.41) is 0. The number of nitrogens with zero attached hydrogens (tertiary/aromatic N) is 2. The van der Waals surface area contributed by atoms with Crippen molar-refractivity contribution in [3.63, 3.8) is 0 Å². The van der Waals surface area contributed by atoms with Crippen LogP contribution in [0.1, 0.15) is 25.0 Å². The van der Waals surface area contributed by atoms with Gasteiger partial charge in [0, 0.05) is 18.8 Å². The standard InChI is InChI=1S/C21H24N2O2S/c1-21(2)23(16-24)19(15-26-21)20(25)22(13-17-9-5-3-6-10-17)14-18-11-7-4-8-12-18/h3-12,16,19H,13-15H2,1-2H3/t19-/m0/s1. The fourth-order valence-electron chi connectivity index (χ4n) is 3.23. The number of thioether (sulfide) groups is 1. The second-order valence-electron chi connectivity index (χ2n) is 6.95. The van der Waals surface area contributed by atoms with Gasteiger partial charge in [-0.2, -0.15) is 0 Å². The van der Waals surface area contributed by atoms with E-state index in [2.05, 4.69) is 0 Å². The predicted molar refractivity (Wildman–Crippen MR) is 105 cm³/mol. The van der Waals surface area contributed by atoms with Gasteiger partial charge in [-0.05, 0) is 25.0 Å². The average Bonchev–Trinajstić information content (AvgIpc) is 2.96. The summed E-state index contributed by atoms with van der Waals surface area (Å²) in [4.78, 5) is 28.1. The number of hydrogen-bond acceptors (Lipinski definition) is 3. The molecule has 0 spiro atoms. The number of rotatable bonds is 6. The van der Waals surface area contributed by atoms with Gasteiger partial charge < -0.3 is 9.80 Å². The van der Waals surface area contributed by atoms with Crippen molar-refractivity contribution in [2.75, 3.05) is 5.75 Å². The maximum absolute atomic E-state index is 13.3. The Bertz CT molecular complexity index is 708. The summed E-state index contributed by atoms with van der Waals surface area (Å²) in [6.45, 7) is 5.03. The first-order valence-electron chi connectivity index (χ1n) is 8.75. The van der Waals surface area contributed by atoms with Gasteiger partial charge in [0.05, 0.1) is 4.87 Å². The first-order valence-corrected chi connectivity index (χ1v) is 9.74. The molecule has 26 heavy (non-hydrogen) atoms. The number of carbonyl (C=O) groups is 2. The maximum atomic E-state index is 13.3. The van der Waals surface area contributed by atoms with Gasteiger partial charge in [0.1, 0.15) is 6.04 Å². The third kappa shape index (κ3) is 4.10. The van der Waals surface area contributed by atoms with E-state index >= 15 is 0 Å². The molecule has 5 heteroatoms. The van der Waals surface area contributed by atoms with Crippen LogP contribution in [0.3, 0.4) is 0 Å². The number of hydrogen-bond donors (Lipinski definition) is 0. The Morgan fingerprint density at radius 2 is 1.58 bits per heavy atom. The third-order valence-electron chi connectivity index (χ3n) is 4.69. The first-order chi connectivity index (χ1) is 12.5. The van der Waals surface area contributed by atoms with Crippen LogP contribution < -0.4 is 0 Å². The molecule has 1 atom stereocenters. The summed E-state index contributed by atoms with van der Waals surface area (Å²) < 4.78 is 0. The largest absolute Gasteiger partial charge is 0.332 e. The lowest BCUT2D eigenvalue weighted by Gasteiger charge is -2.33. The lowest BCUT2D eigenvalue weighted by molar-refractivity contribution is -0.142. The SMILES string of the molecule is CC1(C)SC[C@@H](C(=O)N(Cc2ccccc2)Cc2ccccc2)N1C=O. The molecule has 2 amide bonds. The fraction of sp³-hybridized carbons (Fsp3) is 0.333. The van der Waals surface area contributed by atoms with Crippen LogP contribution in [0.2, 0.25) is 0 Å². The molecule has 0 N–H and O–H groups in total. The quantitative estimate of drug-likeness (QED) is 0.733. The van der Waals surface area contributed by atoms with E-state index in [0.29, 0.717) is 18.8 Å². The van der Waals surface area contributed by atoms with Crippen LogP contribution in [-0.4, -0.2) is 38.8 Å². The van der Waals surface area contributed by atoms with Gasteiger partial charge >= 0.3 is 0 Å². The van der Waals surface area contributed by atoms with Crippen LogP contribution in [-0.2, 0) is 22.7 Å². The molecule has 0 saturated carbocycles. The van der Waals surface area contributed by atoms with E-state index in [-0.39, 0.29) is 10.8 Å². The molecule has 4 nitrogen and oxygen atoms in total. The van der Waals surface area contributed by atoms with Gasteiger partial charge in [-0.25, -0.2) is 0 Å². The number of carbonyl (C=O) groups excluding carboxylic acids is 2. The Kier molecular flexibility index (Phi) is 5.67. The summed E-state index contributed by atoms with van der Waals surface area (Å²) in [5.74, 6) is 0.632. The molecule has 1 heterocycles. The molecule has 1 aliphatic heterocycles. The lowest BCUT2D eigenvalue weighted by Crippen LogP contribution is -2.50. The molecular formula is C21H24N2O2S. The predicted octanol–water partition coefficient (Wildman–Crippen LogP) is 3.53. The zero-order chi connectivity index (χ0) is 18.6. The van der Waals surface area contributed by atoms with Crippen molar-refractivity contribution in [3.8, 4) is 0 Å². The monoisotopic (exact) mass is 368 g/mol. The van der Waals surface area contributed by atoms with E-state index in [9.17, 15) is 9.59 Å². The van der Waals surface area contributed by atoms with Gasteiger partial charge in [0.15, 0.2) is 0 Å². The van der Waals surface area contributed by atoms with E-state index < -0.39 is 6.04 Å². The molecule has 1 saturated heterocycles. The van der Waals surface area contributed by atoms with Crippen molar-refractivity contribution in [1.82, 2.24) is 9.80 Å². The Morgan fingerprint density at radius 1 is 1.08 bits per heavy atom. The van der Waals surface area contributed by atoms with Gasteiger partial charge in [-0.1, -0.05) is 60.7 Å². The summed E-state index contributed by atoms with van der Waals surface area (Å²) in [6.07, 6.45) is 0.811. The molecule has 136 valence electrons. The van der Waals surface area contributed by atoms with Gasteiger partial charge in [0.2, 0.25) is 12.3 Å². The lowest BCUT2D eigenvalue weighted by atomic mass is 10.1. The number of benzene rings is 2. The molecule has 0 bridgehead atoms. The third-order valence-corrected chi connectivity index (χ3v) is 6.09. The molecule has 3 rings (SSSR count). The van der Waals surface area contributed by atoms with E-state index in [4.69, 9.17) is 0 Å². The van der Waals surface area contributed by atoms with E-state index in [1.165, 1.54) is 0 Å². The highest BCUT2D eigenvalue weighted by atomic mass is 32.2. The Balaban J connectivity index is 1.84. The zero-order valence-corrected chi connectivity index (χ0v) is 16.0.